The lowest BCUT2D eigenvalue weighted by molar-refractivity contribution is -0.121. The summed E-state index contributed by atoms with van der Waals surface area (Å²) >= 11 is 11.9. The molecule has 1 fully saturated rings. The second kappa shape index (κ2) is 9.63. The molecule has 1 amide bonds. The summed E-state index contributed by atoms with van der Waals surface area (Å²) in [5.41, 5.74) is 0.827. The molecule has 0 unspecified atom stereocenters. The third-order valence-electron chi connectivity index (χ3n) is 3.75. The van der Waals surface area contributed by atoms with Crippen molar-refractivity contribution in [1.29, 1.82) is 0 Å². The van der Waals surface area contributed by atoms with Crippen molar-refractivity contribution < 1.29 is 19.8 Å². The van der Waals surface area contributed by atoms with Gasteiger partial charge in [-0.2, -0.15) is 0 Å². The highest BCUT2D eigenvalue weighted by molar-refractivity contribution is 6.35. The van der Waals surface area contributed by atoms with Crippen LogP contribution in [-0.2, 0) is 11.2 Å². The predicted molar refractivity (Wildman–Crippen MR) is 90.4 cm³/mol. The van der Waals surface area contributed by atoms with E-state index in [-0.39, 0.29) is 5.91 Å². The van der Waals surface area contributed by atoms with Crippen LogP contribution in [0.2, 0.25) is 10.0 Å². The lowest BCUT2D eigenvalue weighted by atomic mass is 9.87. The highest BCUT2D eigenvalue weighted by Crippen LogP contribution is 2.24. The van der Waals surface area contributed by atoms with E-state index in [1.54, 1.807) is 12.1 Å². The first-order valence-corrected chi connectivity index (χ1v) is 8.18. The van der Waals surface area contributed by atoms with E-state index in [4.69, 9.17) is 38.2 Å². The minimum Gasteiger partial charge on any atom is -0.450 e. The van der Waals surface area contributed by atoms with Crippen LogP contribution in [0.5, 0.6) is 0 Å². The van der Waals surface area contributed by atoms with Gasteiger partial charge in [0.25, 0.3) is 0 Å². The van der Waals surface area contributed by atoms with Gasteiger partial charge in [0.1, 0.15) is 0 Å². The summed E-state index contributed by atoms with van der Waals surface area (Å²) in [5, 5.41) is 18.2. The molecular formula is C16H21Cl2NO4. The predicted octanol–water partition coefficient (Wildman–Crippen LogP) is 4.45. The number of hydrogen-bond donors (Lipinski definition) is 3. The van der Waals surface area contributed by atoms with Gasteiger partial charge in [-0.15, -0.1) is 0 Å². The van der Waals surface area contributed by atoms with Gasteiger partial charge in [-0.1, -0.05) is 36.2 Å². The van der Waals surface area contributed by atoms with E-state index in [0.717, 1.165) is 24.3 Å². The second-order valence-corrected chi connectivity index (χ2v) is 6.56. The van der Waals surface area contributed by atoms with Crippen molar-refractivity contribution in [2.75, 3.05) is 0 Å². The van der Waals surface area contributed by atoms with Crippen LogP contribution in [0.25, 0.3) is 0 Å². The Kier molecular flexibility index (Phi) is 8.20. The SMILES string of the molecule is CC1CCC(NC(=O)Cc2ccc(Cl)cc2Cl)CC1.O=C(O)O. The summed E-state index contributed by atoms with van der Waals surface area (Å²) in [6, 6.07) is 5.58. The maximum absolute atomic E-state index is 12.0. The molecule has 128 valence electrons. The molecule has 1 aliphatic rings. The average molecular weight is 362 g/mol. The highest BCUT2D eigenvalue weighted by atomic mass is 35.5. The van der Waals surface area contributed by atoms with E-state index >= 15 is 0 Å². The van der Waals surface area contributed by atoms with Crippen LogP contribution in [0.3, 0.4) is 0 Å². The molecule has 3 N–H and O–H groups in total. The number of benzene rings is 1. The van der Waals surface area contributed by atoms with Gasteiger partial charge in [0.05, 0.1) is 6.42 Å². The topological polar surface area (TPSA) is 86.6 Å². The normalized spacial score (nSPS) is 20.1. The third kappa shape index (κ3) is 8.09. The van der Waals surface area contributed by atoms with Gasteiger partial charge in [-0.25, -0.2) is 4.79 Å². The minimum atomic E-state index is -1.83. The molecular weight excluding hydrogens is 341 g/mol. The van der Waals surface area contributed by atoms with Crippen molar-refractivity contribution in [2.24, 2.45) is 5.92 Å². The average Bonchev–Trinajstić information content (AvgIpc) is 2.44. The first-order chi connectivity index (χ1) is 10.8. The van der Waals surface area contributed by atoms with Crippen molar-refractivity contribution in [3.05, 3.63) is 33.8 Å². The third-order valence-corrected chi connectivity index (χ3v) is 4.33. The molecule has 23 heavy (non-hydrogen) atoms. The quantitative estimate of drug-likeness (QED) is 0.741. The van der Waals surface area contributed by atoms with Gasteiger partial charge in [0, 0.05) is 16.1 Å². The summed E-state index contributed by atoms with van der Waals surface area (Å²) in [6.07, 6.45) is 3.06. The van der Waals surface area contributed by atoms with Gasteiger partial charge in [-0.3, -0.25) is 4.79 Å². The molecule has 1 aromatic rings. The van der Waals surface area contributed by atoms with Crippen LogP contribution in [0.15, 0.2) is 18.2 Å². The monoisotopic (exact) mass is 361 g/mol. The number of hydrogen-bond acceptors (Lipinski definition) is 2. The Morgan fingerprint density at radius 3 is 2.26 bits per heavy atom. The fourth-order valence-corrected chi connectivity index (χ4v) is 3.00. The van der Waals surface area contributed by atoms with Crippen molar-refractivity contribution >= 4 is 35.3 Å². The van der Waals surface area contributed by atoms with E-state index in [2.05, 4.69) is 12.2 Å². The Labute approximate surface area is 145 Å². The minimum absolute atomic E-state index is 0.0452. The molecule has 1 aliphatic carbocycles. The van der Waals surface area contributed by atoms with Crippen molar-refractivity contribution in [3.8, 4) is 0 Å². The maximum Gasteiger partial charge on any atom is 0.503 e. The Morgan fingerprint density at radius 2 is 1.74 bits per heavy atom. The van der Waals surface area contributed by atoms with Crippen molar-refractivity contribution in [3.63, 3.8) is 0 Å². The number of amides is 1. The molecule has 2 rings (SSSR count). The number of carboxylic acid groups (broad SMARTS) is 2. The highest BCUT2D eigenvalue weighted by Gasteiger charge is 2.20. The van der Waals surface area contributed by atoms with Crippen LogP contribution < -0.4 is 5.32 Å². The van der Waals surface area contributed by atoms with E-state index in [1.165, 1.54) is 12.8 Å². The Morgan fingerprint density at radius 1 is 1.17 bits per heavy atom. The van der Waals surface area contributed by atoms with E-state index < -0.39 is 6.16 Å². The van der Waals surface area contributed by atoms with Crippen molar-refractivity contribution in [1.82, 2.24) is 5.32 Å². The first-order valence-electron chi connectivity index (χ1n) is 7.43. The summed E-state index contributed by atoms with van der Waals surface area (Å²) in [5.74, 6) is 0.836. The second-order valence-electron chi connectivity index (χ2n) is 5.72. The molecule has 0 radical (unpaired) electrons. The molecule has 0 spiro atoms. The molecule has 0 atom stereocenters. The summed E-state index contributed by atoms with van der Waals surface area (Å²) in [4.78, 5) is 20.6. The summed E-state index contributed by atoms with van der Waals surface area (Å²) < 4.78 is 0. The van der Waals surface area contributed by atoms with E-state index in [9.17, 15) is 4.79 Å². The summed E-state index contributed by atoms with van der Waals surface area (Å²) in [6.45, 7) is 2.27. The van der Waals surface area contributed by atoms with Crippen LogP contribution in [0.4, 0.5) is 4.79 Å². The van der Waals surface area contributed by atoms with Crippen molar-refractivity contribution in [2.45, 2.75) is 45.1 Å². The molecule has 5 nitrogen and oxygen atoms in total. The maximum atomic E-state index is 12.0. The van der Waals surface area contributed by atoms with Crippen LogP contribution in [-0.4, -0.2) is 28.3 Å². The zero-order valence-corrected chi connectivity index (χ0v) is 14.4. The van der Waals surface area contributed by atoms with Gasteiger partial charge in [0.15, 0.2) is 0 Å². The smallest absolute Gasteiger partial charge is 0.450 e. The summed E-state index contributed by atoms with van der Waals surface area (Å²) in [7, 11) is 0. The lowest BCUT2D eigenvalue weighted by Crippen LogP contribution is -2.38. The van der Waals surface area contributed by atoms with Crippen LogP contribution in [0.1, 0.15) is 38.2 Å². The van der Waals surface area contributed by atoms with E-state index in [0.29, 0.717) is 22.5 Å². The molecule has 0 saturated heterocycles. The van der Waals surface area contributed by atoms with Gasteiger partial charge >= 0.3 is 6.16 Å². The Hall–Kier alpha value is -1.46. The molecule has 0 heterocycles. The fraction of sp³-hybridized carbons (Fsp3) is 0.500. The Bertz CT molecular complexity index is 539. The number of rotatable bonds is 3. The zero-order valence-electron chi connectivity index (χ0n) is 12.9. The van der Waals surface area contributed by atoms with Gasteiger partial charge in [0.2, 0.25) is 5.91 Å². The van der Waals surface area contributed by atoms with Crippen LogP contribution >= 0.6 is 23.2 Å². The van der Waals surface area contributed by atoms with Crippen LogP contribution in [0, 0.1) is 5.92 Å². The molecule has 7 heteroatoms. The Balaban J connectivity index is 0.000000593. The lowest BCUT2D eigenvalue weighted by Gasteiger charge is -2.27. The number of carbonyl (C=O) groups excluding carboxylic acids is 1. The number of nitrogens with one attached hydrogen (secondary N) is 1. The molecule has 1 saturated carbocycles. The first kappa shape index (κ1) is 19.6. The number of halogens is 2. The largest absolute Gasteiger partial charge is 0.503 e. The van der Waals surface area contributed by atoms with E-state index in [1.807, 2.05) is 6.07 Å². The molecule has 0 bridgehead atoms. The standard InChI is InChI=1S/C15H19Cl2NO.CH2O3/c1-10-2-6-13(7-3-10)18-15(19)8-11-4-5-12(16)9-14(11)17;2-1(3)4/h4-5,9-10,13H,2-3,6-8H2,1H3,(H,18,19);(H2,2,3,4). The number of carbonyl (C=O) groups is 2. The molecule has 0 aliphatic heterocycles. The molecule has 1 aromatic carbocycles. The van der Waals surface area contributed by atoms with Gasteiger partial charge in [-0.05, 0) is 49.3 Å². The van der Waals surface area contributed by atoms with Gasteiger partial charge < -0.3 is 15.5 Å². The fourth-order valence-electron chi connectivity index (χ4n) is 2.52. The zero-order chi connectivity index (χ0) is 17.4. The molecule has 0 aromatic heterocycles.